The molecule has 2 aromatic rings. The van der Waals surface area contributed by atoms with Crippen molar-refractivity contribution >= 4 is 24.3 Å². The SMILES string of the molecule is CCOP(C)(=O)OCCCCOC(=O)C(C)c1ccc2cc(OC)ccc2c1. The van der Waals surface area contributed by atoms with Gasteiger partial charge in [0.1, 0.15) is 5.75 Å². The van der Waals surface area contributed by atoms with Crippen LogP contribution in [0.5, 0.6) is 5.75 Å². The van der Waals surface area contributed by atoms with E-state index in [1.807, 2.05) is 43.3 Å². The van der Waals surface area contributed by atoms with E-state index in [0.717, 1.165) is 22.1 Å². The predicted octanol–water partition coefficient (Wildman–Crippen LogP) is 5.15. The summed E-state index contributed by atoms with van der Waals surface area (Å²) >= 11 is 0. The summed E-state index contributed by atoms with van der Waals surface area (Å²) in [6.07, 6.45) is 1.28. The molecule has 0 aliphatic rings. The third kappa shape index (κ3) is 6.62. The Labute approximate surface area is 166 Å². The molecule has 0 aromatic heterocycles. The van der Waals surface area contributed by atoms with Gasteiger partial charge < -0.3 is 18.5 Å². The number of carbonyl (C=O) groups is 1. The third-order valence-electron chi connectivity index (χ3n) is 4.40. The van der Waals surface area contributed by atoms with Gasteiger partial charge in [-0.1, -0.05) is 24.3 Å². The Morgan fingerprint density at radius 2 is 1.71 bits per heavy atom. The zero-order chi connectivity index (χ0) is 20.6. The van der Waals surface area contributed by atoms with Crippen molar-refractivity contribution in [1.29, 1.82) is 0 Å². The molecule has 0 saturated heterocycles. The molecule has 0 bridgehead atoms. The number of hydrogen-bond donors (Lipinski definition) is 0. The molecule has 0 heterocycles. The third-order valence-corrected chi connectivity index (χ3v) is 5.78. The largest absolute Gasteiger partial charge is 0.497 e. The van der Waals surface area contributed by atoms with Crippen LogP contribution >= 0.6 is 7.60 Å². The Bertz CT molecular complexity index is 835. The number of ether oxygens (including phenoxy) is 2. The van der Waals surface area contributed by atoms with E-state index in [9.17, 15) is 9.36 Å². The van der Waals surface area contributed by atoms with E-state index in [1.54, 1.807) is 14.0 Å². The van der Waals surface area contributed by atoms with E-state index < -0.39 is 7.60 Å². The summed E-state index contributed by atoms with van der Waals surface area (Å²) in [5, 5.41) is 2.11. The van der Waals surface area contributed by atoms with Gasteiger partial charge in [0.25, 0.3) is 0 Å². The van der Waals surface area contributed by atoms with Crippen LogP contribution in [-0.2, 0) is 23.1 Å². The molecule has 0 aliphatic heterocycles. The first-order valence-corrected chi connectivity index (χ1v) is 11.5. The van der Waals surface area contributed by atoms with Gasteiger partial charge in [-0.05, 0) is 55.2 Å². The summed E-state index contributed by atoms with van der Waals surface area (Å²) < 4.78 is 32.7. The van der Waals surface area contributed by atoms with Crippen molar-refractivity contribution in [2.45, 2.75) is 32.6 Å². The van der Waals surface area contributed by atoms with Crippen LogP contribution in [0.1, 0.15) is 38.2 Å². The summed E-state index contributed by atoms with van der Waals surface area (Å²) in [7, 11) is -1.32. The number of methoxy groups -OCH3 is 1. The molecule has 0 fully saturated rings. The van der Waals surface area contributed by atoms with Crippen molar-refractivity contribution in [3.8, 4) is 5.75 Å². The molecule has 2 aromatic carbocycles. The Morgan fingerprint density at radius 1 is 1.04 bits per heavy atom. The molecule has 7 heteroatoms. The van der Waals surface area contributed by atoms with Crippen molar-refractivity contribution in [1.82, 2.24) is 0 Å². The molecule has 6 nitrogen and oxygen atoms in total. The molecular weight excluding hydrogens is 379 g/mol. The number of esters is 1. The second kappa shape index (κ2) is 10.6. The standard InChI is InChI=1S/C21H29O6P/c1-5-26-28(4,23)27-13-7-6-12-25-21(22)16(2)17-8-9-19-15-20(24-3)11-10-18(19)14-17/h8-11,14-16H,5-7,12-13H2,1-4H3. The van der Waals surface area contributed by atoms with Gasteiger partial charge in [0, 0.05) is 6.66 Å². The van der Waals surface area contributed by atoms with Gasteiger partial charge in [-0.25, -0.2) is 0 Å². The molecule has 0 N–H and O–H groups in total. The molecule has 154 valence electrons. The Kier molecular flexibility index (Phi) is 8.49. The predicted molar refractivity (Wildman–Crippen MR) is 110 cm³/mol. The van der Waals surface area contributed by atoms with Crippen LogP contribution in [0.4, 0.5) is 0 Å². The fraction of sp³-hybridized carbons (Fsp3) is 0.476. The molecule has 2 rings (SSSR count). The van der Waals surface area contributed by atoms with E-state index in [1.165, 1.54) is 6.66 Å². The van der Waals surface area contributed by atoms with Crippen LogP contribution in [0.15, 0.2) is 36.4 Å². The molecule has 28 heavy (non-hydrogen) atoms. The highest BCUT2D eigenvalue weighted by molar-refractivity contribution is 7.52. The Hall–Kier alpha value is -1.88. The number of hydrogen-bond acceptors (Lipinski definition) is 6. The highest BCUT2D eigenvalue weighted by Gasteiger charge is 2.18. The number of unbranched alkanes of at least 4 members (excludes halogenated alkanes) is 1. The average Bonchev–Trinajstić information content (AvgIpc) is 2.68. The van der Waals surface area contributed by atoms with Crippen LogP contribution in [-0.4, -0.2) is 39.6 Å². The molecular formula is C21H29O6P. The number of rotatable bonds is 11. The van der Waals surface area contributed by atoms with Gasteiger partial charge >= 0.3 is 13.6 Å². The molecule has 0 radical (unpaired) electrons. The maximum atomic E-state index is 12.3. The Balaban J connectivity index is 1.79. The minimum atomic E-state index is -2.96. The van der Waals surface area contributed by atoms with E-state index in [2.05, 4.69) is 0 Å². The van der Waals surface area contributed by atoms with Crippen LogP contribution in [0.2, 0.25) is 0 Å². The second-order valence-electron chi connectivity index (χ2n) is 6.59. The van der Waals surface area contributed by atoms with Crippen molar-refractivity contribution in [2.24, 2.45) is 0 Å². The van der Waals surface area contributed by atoms with Gasteiger partial charge in [0.2, 0.25) is 0 Å². The lowest BCUT2D eigenvalue weighted by Gasteiger charge is -2.14. The second-order valence-corrected chi connectivity index (χ2v) is 8.65. The van der Waals surface area contributed by atoms with Gasteiger partial charge in [0.05, 0.1) is 32.8 Å². The summed E-state index contributed by atoms with van der Waals surface area (Å²) in [5.41, 5.74) is 0.912. The van der Waals surface area contributed by atoms with Gasteiger partial charge in [-0.2, -0.15) is 0 Å². The maximum Gasteiger partial charge on any atom is 0.327 e. The first kappa shape index (κ1) is 22.4. The van der Waals surface area contributed by atoms with Crippen molar-refractivity contribution < 1.29 is 27.9 Å². The number of benzene rings is 2. The number of carbonyl (C=O) groups excluding carboxylic acids is 1. The topological polar surface area (TPSA) is 71.1 Å². The quantitative estimate of drug-likeness (QED) is 0.291. The van der Waals surface area contributed by atoms with Crippen molar-refractivity contribution in [2.75, 3.05) is 33.6 Å². The first-order chi connectivity index (χ1) is 13.4. The maximum absolute atomic E-state index is 12.3. The lowest BCUT2D eigenvalue weighted by Crippen LogP contribution is -2.14. The van der Waals surface area contributed by atoms with E-state index in [4.69, 9.17) is 18.5 Å². The highest BCUT2D eigenvalue weighted by Crippen LogP contribution is 2.43. The van der Waals surface area contributed by atoms with E-state index in [0.29, 0.717) is 32.7 Å². The average molecular weight is 408 g/mol. The fourth-order valence-electron chi connectivity index (χ4n) is 2.78. The van der Waals surface area contributed by atoms with Gasteiger partial charge in [-0.3, -0.25) is 9.36 Å². The highest BCUT2D eigenvalue weighted by atomic mass is 31.2. The summed E-state index contributed by atoms with van der Waals surface area (Å²) in [5.74, 6) is 0.193. The van der Waals surface area contributed by atoms with Crippen LogP contribution < -0.4 is 4.74 Å². The normalized spacial score (nSPS) is 14.4. The molecule has 2 atom stereocenters. The molecule has 0 spiro atoms. The zero-order valence-corrected chi connectivity index (χ0v) is 17.9. The van der Waals surface area contributed by atoms with Gasteiger partial charge in [0.15, 0.2) is 0 Å². The minimum absolute atomic E-state index is 0.260. The smallest absolute Gasteiger partial charge is 0.327 e. The van der Waals surface area contributed by atoms with Crippen LogP contribution in [0.3, 0.4) is 0 Å². The lowest BCUT2D eigenvalue weighted by atomic mass is 9.98. The summed E-state index contributed by atoms with van der Waals surface area (Å²) in [6.45, 7) is 6.04. The summed E-state index contributed by atoms with van der Waals surface area (Å²) in [6, 6.07) is 11.8. The minimum Gasteiger partial charge on any atom is -0.497 e. The molecule has 0 aliphatic carbocycles. The fourth-order valence-corrected chi connectivity index (χ4v) is 3.78. The van der Waals surface area contributed by atoms with Gasteiger partial charge in [-0.15, -0.1) is 0 Å². The molecule has 0 amide bonds. The Morgan fingerprint density at radius 3 is 2.43 bits per heavy atom. The monoisotopic (exact) mass is 408 g/mol. The van der Waals surface area contributed by atoms with Crippen molar-refractivity contribution in [3.63, 3.8) is 0 Å². The van der Waals surface area contributed by atoms with E-state index in [-0.39, 0.29) is 11.9 Å². The first-order valence-electron chi connectivity index (χ1n) is 9.47. The zero-order valence-electron chi connectivity index (χ0n) is 17.0. The number of fused-ring (bicyclic) bond motifs is 1. The van der Waals surface area contributed by atoms with Crippen LogP contribution in [0, 0.1) is 0 Å². The lowest BCUT2D eigenvalue weighted by molar-refractivity contribution is -0.145. The van der Waals surface area contributed by atoms with E-state index >= 15 is 0 Å². The molecule has 0 saturated carbocycles. The van der Waals surface area contributed by atoms with Crippen molar-refractivity contribution in [3.05, 3.63) is 42.0 Å². The van der Waals surface area contributed by atoms with Crippen LogP contribution in [0.25, 0.3) is 10.8 Å². The molecule has 2 unspecified atom stereocenters. The summed E-state index contributed by atoms with van der Waals surface area (Å²) in [4.78, 5) is 12.3.